The highest BCUT2D eigenvalue weighted by molar-refractivity contribution is 5.44. The fraction of sp³-hybridized carbons (Fsp3) is 0.455. The summed E-state index contributed by atoms with van der Waals surface area (Å²) in [6, 6.07) is 19.3. The number of benzene rings is 2. The normalized spacial score (nSPS) is 12.3. The van der Waals surface area contributed by atoms with E-state index in [0.717, 1.165) is 44.5 Å². The quantitative estimate of drug-likeness (QED) is 0.597. The van der Waals surface area contributed by atoms with E-state index in [2.05, 4.69) is 78.9 Å². The van der Waals surface area contributed by atoms with E-state index in [0.29, 0.717) is 0 Å². The van der Waals surface area contributed by atoms with Gasteiger partial charge in [-0.15, -0.1) is 0 Å². The third-order valence-electron chi connectivity index (χ3n) is 4.41. The molecular formula is C22H32N2O. The molecule has 0 fully saturated rings. The van der Waals surface area contributed by atoms with Crippen LogP contribution in [0.3, 0.4) is 0 Å². The highest BCUT2D eigenvalue weighted by atomic mass is 16.5. The number of hydrogen-bond donors (Lipinski definition) is 1. The van der Waals surface area contributed by atoms with Gasteiger partial charge in [0.25, 0.3) is 0 Å². The third kappa shape index (κ3) is 7.29. The van der Waals surface area contributed by atoms with Crippen LogP contribution >= 0.6 is 0 Å². The second kappa shape index (κ2) is 10.9. The molecule has 0 aliphatic heterocycles. The average molecular weight is 341 g/mol. The van der Waals surface area contributed by atoms with Crippen molar-refractivity contribution in [3.63, 3.8) is 0 Å². The number of aryl methyl sites for hydroxylation is 1. The van der Waals surface area contributed by atoms with Crippen molar-refractivity contribution in [1.82, 2.24) is 4.90 Å². The van der Waals surface area contributed by atoms with Gasteiger partial charge in [-0.25, -0.2) is 0 Å². The van der Waals surface area contributed by atoms with E-state index in [1.807, 2.05) is 7.05 Å². The molecule has 1 unspecified atom stereocenters. The summed E-state index contributed by atoms with van der Waals surface area (Å²) in [5.74, 6) is 0. The molecule has 0 radical (unpaired) electrons. The molecule has 0 heterocycles. The van der Waals surface area contributed by atoms with Crippen molar-refractivity contribution in [2.24, 2.45) is 0 Å². The number of hydrogen-bond acceptors (Lipinski definition) is 3. The Bertz CT molecular complexity index is 581. The van der Waals surface area contributed by atoms with E-state index in [4.69, 9.17) is 4.74 Å². The summed E-state index contributed by atoms with van der Waals surface area (Å²) in [5, 5.41) is 3.18. The standard InChI is InChI=1S/C22H32N2O/c1-23-21-15-13-20(14-16-21)22(25-18-8-17-24(2)3)12-7-11-19-9-5-4-6-10-19/h4-6,9-10,13-16,22-23H,7-8,11-12,17-18H2,1-3H3. The molecule has 0 bridgehead atoms. The van der Waals surface area contributed by atoms with Crippen molar-refractivity contribution in [3.8, 4) is 0 Å². The number of nitrogens with zero attached hydrogens (tertiary/aromatic N) is 1. The van der Waals surface area contributed by atoms with Crippen molar-refractivity contribution < 1.29 is 4.74 Å². The van der Waals surface area contributed by atoms with Gasteiger partial charge in [0.05, 0.1) is 6.10 Å². The molecule has 0 saturated carbocycles. The summed E-state index contributed by atoms with van der Waals surface area (Å²) in [4.78, 5) is 2.20. The lowest BCUT2D eigenvalue weighted by Gasteiger charge is -2.20. The van der Waals surface area contributed by atoms with Crippen molar-refractivity contribution in [2.75, 3.05) is 39.6 Å². The fourth-order valence-electron chi connectivity index (χ4n) is 2.95. The molecule has 0 spiro atoms. The fourth-order valence-corrected chi connectivity index (χ4v) is 2.95. The molecule has 0 amide bonds. The topological polar surface area (TPSA) is 24.5 Å². The van der Waals surface area contributed by atoms with E-state index in [1.54, 1.807) is 0 Å². The van der Waals surface area contributed by atoms with Gasteiger partial charge in [0.2, 0.25) is 0 Å². The summed E-state index contributed by atoms with van der Waals surface area (Å²) in [5.41, 5.74) is 3.82. The molecule has 0 aliphatic carbocycles. The van der Waals surface area contributed by atoms with E-state index in [1.165, 1.54) is 11.1 Å². The number of anilines is 1. The zero-order valence-electron chi connectivity index (χ0n) is 15.9. The van der Waals surface area contributed by atoms with Crippen LogP contribution in [-0.2, 0) is 11.2 Å². The van der Waals surface area contributed by atoms with Crippen LogP contribution in [0.25, 0.3) is 0 Å². The first-order chi connectivity index (χ1) is 12.2. The van der Waals surface area contributed by atoms with Gasteiger partial charge in [0, 0.05) is 19.3 Å². The second-order valence-corrected chi connectivity index (χ2v) is 6.77. The third-order valence-corrected chi connectivity index (χ3v) is 4.41. The molecule has 0 aromatic heterocycles. The Hall–Kier alpha value is -1.84. The molecule has 0 saturated heterocycles. The SMILES string of the molecule is CNc1ccc(C(CCCc2ccccc2)OCCCN(C)C)cc1. The minimum absolute atomic E-state index is 0.178. The maximum atomic E-state index is 6.24. The van der Waals surface area contributed by atoms with E-state index < -0.39 is 0 Å². The molecule has 1 atom stereocenters. The van der Waals surface area contributed by atoms with Crippen molar-refractivity contribution in [3.05, 3.63) is 65.7 Å². The summed E-state index contributed by atoms with van der Waals surface area (Å²) in [7, 11) is 6.16. The predicted molar refractivity (Wildman–Crippen MR) is 107 cm³/mol. The van der Waals surface area contributed by atoms with Gasteiger partial charge in [0.1, 0.15) is 0 Å². The Labute approximate surface area is 153 Å². The first-order valence-corrected chi connectivity index (χ1v) is 9.27. The van der Waals surface area contributed by atoms with Gasteiger partial charge in [-0.3, -0.25) is 0 Å². The van der Waals surface area contributed by atoms with Gasteiger partial charge in [-0.2, -0.15) is 0 Å². The first-order valence-electron chi connectivity index (χ1n) is 9.27. The van der Waals surface area contributed by atoms with Gasteiger partial charge < -0.3 is 15.0 Å². The van der Waals surface area contributed by atoms with Crippen molar-refractivity contribution >= 4 is 5.69 Å². The molecule has 3 heteroatoms. The Kier molecular flexibility index (Phi) is 8.50. The Morgan fingerprint density at radius 1 is 0.960 bits per heavy atom. The lowest BCUT2D eigenvalue weighted by molar-refractivity contribution is 0.0410. The lowest BCUT2D eigenvalue weighted by atomic mass is 10.0. The zero-order chi connectivity index (χ0) is 17.9. The van der Waals surface area contributed by atoms with Crippen LogP contribution in [-0.4, -0.2) is 39.2 Å². The molecule has 136 valence electrons. The van der Waals surface area contributed by atoms with Gasteiger partial charge >= 0.3 is 0 Å². The molecule has 0 aliphatic rings. The molecule has 25 heavy (non-hydrogen) atoms. The predicted octanol–water partition coefficient (Wildman–Crippen LogP) is 4.76. The van der Waals surface area contributed by atoms with Crippen LogP contribution in [0.4, 0.5) is 5.69 Å². The van der Waals surface area contributed by atoms with Crippen LogP contribution in [0.2, 0.25) is 0 Å². The van der Waals surface area contributed by atoms with Crippen molar-refractivity contribution in [2.45, 2.75) is 31.8 Å². The second-order valence-electron chi connectivity index (χ2n) is 6.77. The summed E-state index contributed by atoms with van der Waals surface area (Å²) in [6.45, 7) is 1.87. The number of ether oxygens (including phenoxy) is 1. The van der Waals surface area contributed by atoms with E-state index in [-0.39, 0.29) is 6.10 Å². The lowest BCUT2D eigenvalue weighted by Crippen LogP contribution is -2.16. The summed E-state index contributed by atoms with van der Waals surface area (Å²) in [6.07, 6.45) is 4.53. The van der Waals surface area contributed by atoms with Crippen LogP contribution < -0.4 is 5.32 Å². The largest absolute Gasteiger partial charge is 0.388 e. The van der Waals surface area contributed by atoms with Crippen LogP contribution in [0.1, 0.15) is 36.5 Å². The maximum Gasteiger partial charge on any atom is 0.0825 e. The highest BCUT2D eigenvalue weighted by Gasteiger charge is 2.12. The van der Waals surface area contributed by atoms with E-state index >= 15 is 0 Å². The highest BCUT2D eigenvalue weighted by Crippen LogP contribution is 2.25. The maximum absolute atomic E-state index is 6.24. The van der Waals surface area contributed by atoms with Crippen LogP contribution in [0, 0.1) is 0 Å². The van der Waals surface area contributed by atoms with Crippen LogP contribution in [0.15, 0.2) is 54.6 Å². The zero-order valence-corrected chi connectivity index (χ0v) is 15.9. The minimum atomic E-state index is 0.178. The Morgan fingerprint density at radius 2 is 1.68 bits per heavy atom. The summed E-state index contributed by atoms with van der Waals surface area (Å²) < 4.78 is 6.24. The molecule has 2 aromatic carbocycles. The summed E-state index contributed by atoms with van der Waals surface area (Å²) >= 11 is 0. The van der Waals surface area contributed by atoms with Crippen molar-refractivity contribution in [1.29, 1.82) is 0 Å². The average Bonchev–Trinajstić information content (AvgIpc) is 2.64. The molecule has 1 N–H and O–H groups in total. The Morgan fingerprint density at radius 3 is 2.32 bits per heavy atom. The first kappa shape index (κ1) is 19.5. The molecule has 3 nitrogen and oxygen atoms in total. The van der Waals surface area contributed by atoms with Gasteiger partial charge in [-0.1, -0.05) is 42.5 Å². The molecule has 2 rings (SSSR count). The van der Waals surface area contributed by atoms with Crippen LogP contribution in [0.5, 0.6) is 0 Å². The van der Waals surface area contributed by atoms with Gasteiger partial charge in [-0.05, 0) is 69.6 Å². The molecular weight excluding hydrogens is 308 g/mol. The van der Waals surface area contributed by atoms with E-state index in [9.17, 15) is 0 Å². The number of rotatable bonds is 11. The Balaban J connectivity index is 1.90. The minimum Gasteiger partial charge on any atom is -0.388 e. The smallest absolute Gasteiger partial charge is 0.0825 e. The molecule has 2 aromatic rings. The van der Waals surface area contributed by atoms with Gasteiger partial charge in [0.15, 0.2) is 0 Å². The number of nitrogens with one attached hydrogen (secondary N) is 1. The monoisotopic (exact) mass is 340 g/mol.